The fourth-order valence-electron chi connectivity index (χ4n) is 4.21. The third-order valence-corrected chi connectivity index (χ3v) is 6.73. The Morgan fingerprint density at radius 3 is 2.96 bits per heavy atom. The maximum absolute atomic E-state index is 12.8. The van der Waals surface area contributed by atoms with Crippen LogP contribution in [0.1, 0.15) is 42.7 Å². The highest BCUT2D eigenvalue weighted by Crippen LogP contribution is 2.39. The molecule has 0 aromatic carbocycles. The summed E-state index contributed by atoms with van der Waals surface area (Å²) in [6.07, 6.45) is 4.93. The summed E-state index contributed by atoms with van der Waals surface area (Å²) in [5, 5.41) is 0. The smallest absolute Gasteiger partial charge is 0.222 e. The second kappa shape index (κ2) is 8.48. The number of nitrogens with zero attached hydrogens (tertiary/aromatic N) is 3. The molecule has 7 heteroatoms. The van der Waals surface area contributed by atoms with E-state index in [0.29, 0.717) is 26.0 Å². The van der Waals surface area contributed by atoms with Gasteiger partial charge < -0.3 is 14.5 Å². The van der Waals surface area contributed by atoms with Gasteiger partial charge in [-0.25, -0.2) is 4.98 Å². The number of hydrogen-bond donors (Lipinski definition) is 0. The van der Waals surface area contributed by atoms with Gasteiger partial charge in [-0.3, -0.25) is 9.59 Å². The average Bonchev–Trinajstić information content (AvgIpc) is 3.06. The number of hydrogen-bond acceptors (Lipinski definition) is 5. The summed E-state index contributed by atoms with van der Waals surface area (Å²) in [5.74, 6) is 0.453. The Morgan fingerprint density at radius 2 is 2.23 bits per heavy atom. The number of rotatable bonds is 6. The lowest BCUT2D eigenvalue weighted by molar-refractivity contribution is -0.143. The fraction of sp³-hybridized carbons (Fsp3) is 0.737. The van der Waals surface area contributed by atoms with E-state index >= 15 is 0 Å². The van der Waals surface area contributed by atoms with Gasteiger partial charge in [0.2, 0.25) is 11.8 Å². The molecule has 3 rings (SSSR count). The van der Waals surface area contributed by atoms with Gasteiger partial charge in [0.25, 0.3) is 0 Å². The Bertz CT molecular complexity index is 648. The molecule has 0 aliphatic carbocycles. The molecular formula is C19H29N3O3S. The van der Waals surface area contributed by atoms with E-state index in [1.165, 1.54) is 4.88 Å². The molecule has 2 fully saturated rings. The van der Waals surface area contributed by atoms with E-state index < -0.39 is 0 Å². The van der Waals surface area contributed by atoms with Crippen LogP contribution < -0.4 is 0 Å². The summed E-state index contributed by atoms with van der Waals surface area (Å²) in [6.45, 7) is 5.60. The molecule has 6 nitrogen and oxygen atoms in total. The maximum atomic E-state index is 12.8. The molecule has 0 N–H and O–H groups in total. The monoisotopic (exact) mass is 379 g/mol. The van der Waals surface area contributed by atoms with Crippen molar-refractivity contribution in [1.82, 2.24) is 14.8 Å². The Morgan fingerprint density at radius 1 is 1.38 bits per heavy atom. The number of amides is 2. The molecule has 2 aliphatic rings. The van der Waals surface area contributed by atoms with E-state index in [4.69, 9.17) is 4.74 Å². The SMILES string of the molecule is COCCN1C[C@]2(CCCN(C(=O)CCc3scnc3C)C2)CCC1=O. The van der Waals surface area contributed by atoms with Gasteiger partial charge in [-0.1, -0.05) is 0 Å². The highest BCUT2D eigenvalue weighted by Gasteiger charge is 2.42. The van der Waals surface area contributed by atoms with Crippen molar-refractivity contribution in [2.24, 2.45) is 5.41 Å². The predicted molar refractivity (Wildman–Crippen MR) is 101 cm³/mol. The fourth-order valence-corrected chi connectivity index (χ4v) is 4.99. The van der Waals surface area contributed by atoms with Crippen molar-refractivity contribution in [3.05, 3.63) is 16.1 Å². The molecule has 1 atom stereocenters. The van der Waals surface area contributed by atoms with Gasteiger partial charge in [0.05, 0.1) is 17.8 Å². The quantitative estimate of drug-likeness (QED) is 0.761. The first-order valence-electron chi connectivity index (χ1n) is 9.46. The lowest BCUT2D eigenvalue weighted by Gasteiger charge is -2.48. The number of carbonyl (C=O) groups is 2. The van der Waals surface area contributed by atoms with Crippen LogP contribution in [0.2, 0.25) is 0 Å². The molecule has 2 saturated heterocycles. The van der Waals surface area contributed by atoms with Crippen LogP contribution >= 0.6 is 11.3 Å². The minimum absolute atomic E-state index is 0.0654. The first kappa shape index (κ1) is 19.3. The van der Waals surface area contributed by atoms with Gasteiger partial charge >= 0.3 is 0 Å². The van der Waals surface area contributed by atoms with E-state index in [1.54, 1.807) is 18.4 Å². The third-order valence-electron chi connectivity index (χ3n) is 5.74. The number of thiazole rings is 1. The van der Waals surface area contributed by atoms with Gasteiger partial charge in [-0.15, -0.1) is 11.3 Å². The standard InChI is InChI=1S/C19H29N3O3S/c1-15-16(26-14-20-15)4-5-17(23)21-9-3-7-19(12-21)8-6-18(24)22(13-19)10-11-25-2/h14H,3-13H2,1-2H3/t19-/m1/s1. The van der Waals surface area contributed by atoms with Crippen LogP contribution in [-0.4, -0.2) is 66.5 Å². The number of aromatic nitrogens is 1. The first-order valence-corrected chi connectivity index (χ1v) is 10.3. The van der Waals surface area contributed by atoms with Gasteiger partial charge in [0.1, 0.15) is 0 Å². The summed E-state index contributed by atoms with van der Waals surface area (Å²) >= 11 is 1.63. The van der Waals surface area contributed by atoms with Crippen LogP contribution in [-0.2, 0) is 20.7 Å². The van der Waals surface area contributed by atoms with Gasteiger partial charge in [-0.05, 0) is 32.6 Å². The van der Waals surface area contributed by atoms with Gasteiger partial charge in [0.15, 0.2) is 0 Å². The molecule has 0 radical (unpaired) electrons. The topological polar surface area (TPSA) is 62.7 Å². The number of piperidine rings is 2. The molecule has 0 saturated carbocycles. The van der Waals surface area contributed by atoms with Gasteiger partial charge in [-0.2, -0.15) is 0 Å². The van der Waals surface area contributed by atoms with Crippen molar-refractivity contribution in [2.75, 3.05) is 39.9 Å². The third kappa shape index (κ3) is 4.43. The molecule has 3 heterocycles. The highest BCUT2D eigenvalue weighted by atomic mass is 32.1. The molecule has 1 aromatic heterocycles. The molecule has 2 aliphatic heterocycles. The molecule has 0 bridgehead atoms. The highest BCUT2D eigenvalue weighted by molar-refractivity contribution is 7.09. The van der Waals surface area contributed by atoms with E-state index in [1.807, 2.05) is 22.2 Å². The summed E-state index contributed by atoms with van der Waals surface area (Å²) < 4.78 is 5.14. The Balaban J connectivity index is 1.58. The van der Waals surface area contributed by atoms with Crippen molar-refractivity contribution in [3.63, 3.8) is 0 Å². The van der Waals surface area contributed by atoms with E-state index in [-0.39, 0.29) is 17.2 Å². The number of aryl methyl sites for hydroxylation is 2. The second-order valence-electron chi connectivity index (χ2n) is 7.59. The van der Waals surface area contributed by atoms with Crippen molar-refractivity contribution in [2.45, 2.75) is 45.4 Å². The molecular weight excluding hydrogens is 350 g/mol. The zero-order valence-electron chi connectivity index (χ0n) is 15.8. The molecule has 1 spiro atoms. The largest absolute Gasteiger partial charge is 0.383 e. The molecule has 144 valence electrons. The lowest BCUT2D eigenvalue weighted by atomic mass is 9.73. The van der Waals surface area contributed by atoms with E-state index in [0.717, 1.165) is 51.0 Å². The number of methoxy groups -OCH3 is 1. The van der Waals surface area contributed by atoms with Crippen LogP contribution in [0.4, 0.5) is 0 Å². The average molecular weight is 380 g/mol. The van der Waals surface area contributed by atoms with E-state index in [9.17, 15) is 9.59 Å². The zero-order chi connectivity index (χ0) is 18.6. The van der Waals surface area contributed by atoms with Crippen LogP contribution in [0.15, 0.2) is 5.51 Å². The number of likely N-dealkylation sites (tertiary alicyclic amines) is 2. The van der Waals surface area contributed by atoms with Crippen LogP contribution in [0.3, 0.4) is 0 Å². The Labute approximate surface area is 159 Å². The minimum atomic E-state index is 0.0654. The lowest BCUT2D eigenvalue weighted by Crippen LogP contribution is -2.55. The molecule has 0 unspecified atom stereocenters. The number of carbonyl (C=O) groups excluding carboxylic acids is 2. The minimum Gasteiger partial charge on any atom is -0.383 e. The first-order chi connectivity index (χ1) is 12.5. The van der Waals surface area contributed by atoms with Crippen molar-refractivity contribution in [1.29, 1.82) is 0 Å². The molecule has 2 amide bonds. The normalized spacial score (nSPS) is 23.7. The van der Waals surface area contributed by atoms with Crippen LogP contribution in [0.25, 0.3) is 0 Å². The summed E-state index contributed by atoms with van der Waals surface area (Å²) in [4.78, 5) is 34.4. The van der Waals surface area contributed by atoms with Crippen LogP contribution in [0.5, 0.6) is 0 Å². The van der Waals surface area contributed by atoms with Crippen LogP contribution in [0, 0.1) is 12.3 Å². The second-order valence-corrected chi connectivity index (χ2v) is 8.53. The van der Waals surface area contributed by atoms with Gasteiger partial charge in [0, 0.05) is 56.4 Å². The van der Waals surface area contributed by atoms with Crippen molar-refractivity contribution >= 4 is 23.2 Å². The Hall–Kier alpha value is -1.47. The zero-order valence-corrected chi connectivity index (χ0v) is 16.6. The predicted octanol–water partition coefficient (Wildman–Crippen LogP) is 2.26. The van der Waals surface area contributed by atoms with Crippen molar-refractivity contribution in [3.8, 4) is 0 Å². The summed E-state index contributed by atoms with van der Waals surface area (Å²) in [5.41, 5.74) is 2.95. The van der Waals surface area contributed by atoms with E-state index in [2.05, 4.69) is 4.98 Å². The number of ether oxygens (including phenoxy) is 1. The molecule has 1 aromatic rings. The van der Waals surface area contributed by atoms with Crippen molar-refractivity contribution < 1.29 is 14.3 Å². The molecule has 26 heavy (non-hydrogen) atoms. The summed E-state index contributed by atoms with van der Waals surface area (Å²) in [7, 11) is 1.66. The maximum Gasteiger partial charge on any atom is 0.222 e. The summed E-state index contributed by atoms with van der Waals surface area (Å²) in [6, 6.07) is 0. The Kier molecular flexibility index (Phi) is 6.29.